The zero-order valence-electron chi connectivity index (χ0n) is 7.57. The first-order valence-electron chi connectivity index (χ1n) is 4.28. The van der Waals surface area contributed by atoms with Crippen LogP contribution in [0.2, 0.25) is 0 Å². The Hall–Kier alpha value is -1.39. The number of para-hydroxylation sites is 1. The Labute approximate surface area is 77.0 Å². The fourth-order valence-corrected chi connectivity index (χ4v) is 1.59. The van der Waals surface area contributed by atoms with Crippen LogP contribution in [0.25, 0.3) is 0 Å². The highest BCUT2D eigenvalue weighted by Gasteiger charge is 2.34. The normalized spacial score (nSPS) is 24.8. The fourth-order valence-electron chi connectivity index (χ4n) is 1.59. The molecule has 2 rings (SSSR count). The van der Waals surface area contributed by atoms with Gasteiger partial charge in [0.05, 0.1) is 17.5 Å². The van der Waals surface area contributed by atoms with Crippen molar-refractivity contribution in [3.05, 3.63) is 23.8 Å². The third-order valence-electron chi connectivity index (χ3n) is 2.37. The summed E-state index contributed by atoms with van der Waals surface area (Å²) >= 11 is 0. The van der Waals surface area contributed by atoms with Gasteiger partial charge in [-0.1, -0.05) is 15.9 Å². The molecule has 1 heterocycles. The maximum atomic E-state index is 6.03. The molecule has 68 valence electrons. The molecule has 0 spiro atoms. The van der Waals surface area contributed by atoms with Crippen molar-refractivity contribution in [2.45, 2.75) is 6.92 Å². The summed E-state index contributed by atoms with van der Waals surface area (Å²) in [7, 11) is 0. The molecule has 0 saturated heterocycles. The maximum absolute atomic E-state index is 6.03. The van der Waals surface area contributed by atoms with E-state index < -0.39 is 0 Å². The summed E-state index contributed by atoms with van der Waals surface area (Å²) in [5, 5.41) is 4.23. The second-order valence-corrected chi connectivity index (χ2v) is 3.17. The van der Waals surface area contributed by atoms with Gasteiger partial charge in [0.2, 0.25) is 5.69 Å². The quantitative estimate of drug-likeness (QED) is 0.379. The lowest BCUT2D eigenvalue weighted by atomic mass is 10.1. The summed E-state index contributed by atoms with van der Waals surface area (Å²) in [5.41, 5.74) is 8.48. The van der Waals surface area contributed by atoms with E-state index in [-0.39, 0.29) is 4.70 Å². The molecule has 1 aliphatic heterocycles. The molecule has 0 fully saturated rings. The van der Waals surface area contributed by atoms with E-state index in [0.717, 1.165) is 11.3 Å². The van der Waals surface area contributed by atoms with E-state index in [1.54, 1.807) is 6.21 Å². The van der Waals surface area contributed by atoms with Crippen molar-refractivity contribution in [3.63, 3.8) is 0 Å². The first-order chi connectivity index (χ1) is 6.17. The number of anilines is 1. The van der Waals surface area contributed by atoms with Crippen LogP contribution < -0.4 is 16.3 Å². The zero-order chi connectivity index (χ0) is 9.47. The molecule has 1 aromatic rings. The number of hydrogen-bond acceptors (Lipinski definition) is 3. The molecule has 0 aromatic heterocycles. The fraction of sp³-hybridized carbons (Fsp3) is 0.222. The zero-order valence-corrected chi connectivity index (χ0v) is 7.57. The molecule has 4 nitrogen and oxygen atoms in total. The van der Waals surface area contributed by atoms with Crippen molar-refractivity contribution in [3.8, 4) is 0 Å². The van der Waals surface area contributed by atoms with Crippen molar-refractivity contribution >= 4 is 17.6 Å². The Morgan fingerprint density at radius 2 is 2.23 bits per heavy atom. The number of benzene rings is 1. The third-order valence-corrected chi connectivity index (χ3v) is 2.37. The molecule has 1 aliphatic rings. The molecule has 4 heteroatoms. The Morgan fingerprint density at radius 1 is 1.46 bits per heavy atom. The van der Waals surface area contributed by atoms with Crippen LogP contribution in [-0.2, 0) is 0 Å². The van der Waals surface area contributed by atoms with Crippen LogP contribution in [0.1, 0.15) is 12.5 Å². The van der Waals surface area contributed by atoms with Gasteiger partial charge in [-0.2, -0.15) is 0 Å². The molecule has 0 aliphatic carbocycles. The van der Waals surface area contributed by atoms with E-state index in [0.29, 0.717) is 12.2 Å². The van der Waals surface area contributed by atoms with Gasteiger partial charge in [0.25, 0.3) is 0 Å². The Bertz CT molecular complexity index is 372. The van der Waals surface area contributed by atoms with E-state index >= 15 is 0 Å². The minimum Gasteiger partial charge on any atom is -0.394 e. The van der Waals surface area contributed by atoms with Crippen LogP contribution in [0.3, 0.4) is 0 Å². The molecule has 4 N–H and O–H groups in total. The number of quaternary nitrogens is 1. The first kappa shape index (κ1) is 8.22. The second-order valence-electron chi connectivity index (χ2n) is 3.17. The van der Waals surface area contributed by atoms with Crippen molar-refractivity contribution < 1.29 is 0 Å². The number of nitrogens with two attached hydrogens (primary N) is 2. The molecule has 1 atom stereocenters. The van der Waals surface area contributed by atoms with Gasteiger partial charge in [0.1, 0.15) is 6.54 Å². The molecule has 1 unspecified atom stereocenters. The predicted octanol–water partition coefficient (Wildman–Crippen LogP) is 0.817. The number of nitrogen functional groups attached to an aromatic ring is 1. The lowest BCUT2D eigenvalue weighted by Gasteiger charge is -2.21. The smallest absolute Gasteiger partial charge is 0.211 e. The van der Waals surface area contributed by atoms with Gasteiger partial charge in [-0.3, -0.25) is 0 Å². The lowest BCUT2D eigenvalue weighted by Crippen LogP contribution is -2.49. The van der Waals surface area contributed by atoms with Gasteiger partial charge < -0.3 is 5.73 Å². The van der Waals surface area contributed by atoms with Gasteiger partial charge in [0, 0.05) is 0 Å². The number of rotatable bonds is 1. The highest BCUT2D eigenvalue weighted by molar-refractivity contribution is 5.95. The highest BCUT2D eigenvalue weighted by Crippen LogP contribution is 2.33. The average molecular weight is 177 g/mol. The molecule has 0 amide bonds. The van der Waals surface area contributed by atoms with E-state index in [1.165, 1.54) is 0 Å². The van der Waals surface area contributed by atoms with E-state index in [4.69, 9.17) is 11.6 Å². The topological polar surface area (TPSA) is 64.4 Å². The molecule has 13 heavy (non-hydrogen) atoms. The van der Waals surface area contributed by atoms with Gasteiger partial charge in [-0.05, 0) is 19.1 Å². The van der Waals surface area contributed by atoms with Gasteiger partial charge in [-0.25, -0.2) is 0 Å². The van der Waals surface area contributed by atoms with Crippen LogP contribution in [0.15, 0.2) is 23.3 Å². The summed E-state index contributed by atoms with van der Waals surface area (Å²) in [6, 6.07) is 5.73. The lowest BCUT2D eigenvalue weighted by molar-refractivity contribution is 0.321. The molecule has 0 radical (unpaired) electrons. The van der Waals surface area contributed by atoms with Crippen molar-refractivity contribution in [2.24, 2.45) is 10.9 Å². The van der Waals surface area contributed by atoms with Gasteiger partial charge in [0.15, 0.2) is 0 Å². The number of fused-ring (bicyclic) bond motifs is 1. The van der Waals surface area contributed by atoms with Crippen molar-refractivity contribution in [2.75, 3.05) is 12.3 Å². The SMILES string of the molecule is CC[N+]1(N)N=Cc2cccc(N)c21. The minimum atomic E-state index is 0.0714. The Kier molecular flexibility index (Phi) is 1.61. The molecule has 0 saturated carbocycles. The summed E-state index contributed by atoms with van der Waals surface area (Å²) in [6.45, 7) is 2.69. The van der Waals surface area contributed by atoms with Crippen molar-refractivity contribution in [1.82, 2.24) is 4.70 Å². The summed E-state index contributed by atoms with van der Waals surface area (Å²) in [5.74, 6) is 6.03. The molecule has 0 bridgehead atoms. The van der Waals surface area contributed by atoms with Crippen molar-refractivity contribution in [1.29, 1.82) is 0 Å². The van der Waals surface area contributed by atoms with Crippen LogP contribution in [0.5, 0.6) is 0 Å². The monoisotopic (exact) mass is 177 g/mol. The predicted molar refractivity (Wildman–Crippen MR) is 55.0 cm³/mol. The average Bonchev–Trinajstić information content (AvgIpc) is 2.47. The standard InChI is InChI=1S/C9H13N4/c1-2-13(11)9-7(6-12-13)4-3-5-8(9)10/h3-6H,2,10-11H2,1H3/q+1. The molecule has 1 aromatic carbocycles. The highest BCUT2D eigenvalue weighted by atomic mass is 15.8. The minimum absolute atomic E-state index is 0.0714. The van der Waals surface area contributed by atoms with Crippen LogP contribution in [0, 0.1) is 0 Å². The van der Waals surface area contributed by atoms with Crippen LogP contribution in [0.4, 0.5) is 11.4 Å². The van der Waals surface area contributed by atoms with E-state index in [1.807, 2.05) is 25.1 Å². The maximum Gasteiger partial charge on any atom is 0.211 e. The summed E-state index contributed by atoms with van der Waals surface area (Å²) in [6.07, 6.45) is 1.77. The summed E-state index contributed by atoms with van der Waals surface area (Å²) in [4.78, 5) is 0. The van der Waals surface area contributed by atoms with Crippen LogP contribution in [-0.4, -0.2) is 12.8 Å². The number of nitrogens with zero attached hydrogens (tertiary/aromatic N) is 2. The molecular formula is C9H13N4+. The molecular weight excluding hydrogens is 164 g/mol. The Balaban J connectivity index is 2.64. The van der Waals surface area contributed by atoms with E-state index in [9.17, 15) is 0 Å². The largest absolute Gasteiger partial charge is 0.394 e. The van der Waals surface area contributed by atoms with Gasteiger partial charge in [-0.15, -0.1) is 5.84 Å². The van der Waals surface area contributed by atoms with Crippen LogP contribution >= 0.6 is 0 Å². The Morgan fingerprint density at radius 3 is 2.92 bits per heavy atom. The second kappa shape index (κ2) is 2.55. The first-order valence-corrected chi connectivity index (χ1v) is 4.28. The summed E-state index contributed by atoms with van der Waals surface area (Å²) < 4.78 is 0.0714. The van der Waals surface area contributed by atoms with E-state index in [2.05, 4.69) is 5.10 Å². The van der Waals surface area contributed by atoms with Gasteiger partial charge >= 0.3 is 0 Å². The number of hydrogen-bond donors (Lipinski definition) is 2. The third kappa shape index (κ3) is 1.03.